The Bertz CT molecular complexity index is 707. The average molecular weight is 327 g/mol. The van der Waals surface area contributed by atoms with Crippen LogP contribution in [0.3, 0.4) is 0 Å². The van der Waals surface area contributed by atoms with E-state index in [4.69, 9.17) is 9.73 Å². The SMILES string of the molecule is CC(C)(C)CC(C)(C)N=C1OC(c2cccs2)c2ccccc21. The molecule has 0 saturated heterocycles. The fourth-order valence-electron chi connectivity index (χ4n) is 3.51. The van der Waals surface area contributed by atoms with Gasteiger partial charge in [-0.05, 0) is 43.2 Å². The second kappa shape index (κ2) is 5.79. The van der Waals surface area contributed by atoms with E-state index in [0.29, 0.717) is 0 Å². The molecule has 2 nitrogen and oxygen atoms in total. The molecule has 0 fully saturated rings. The van der Waals surface area contributed by atoms with Crippen molar-refractivity contribution in [3.05, 3.63) is 57.8 Å². The first-order valence-corrected chi connectivity index (χ1v) is 9.02. The standard InChI is InChI=1S/C20H25NOS/c1-19(2,3)13-20(4,5)21-18-15-10-7-6-9-14(15)17(22-18)16-11-8-12-23-16/h6-12,17H,13H2,1-5H3. The minimum absolute atomic E-state index is 0.0182. The van der Waals surface area contributed by atoms with Crippen molar-refractivity contribution in [1.29, 1.82) is 0 Å². The highest BCUT2D eigenvalue weighted by molar-refractivity contribution is 7.10. The lowest BCUT2D eigenvalue weighted by Crippen LogP contribution is -2.26. The van der Waals surface area contributed by atoms with Gasteiger partial charge < -0.3 is 4.74 Å². The van der Waals surface area contributed by atoms with Gasteiger partial charge in [-0.2, -0.15) is 0 Å². The predicted molar refractivity (Wildman–Crippen MR) is 98.4 cm³/mol. The van der Waals surface area contributed by atoms with Gasteiger partial charge in [0, 0.05) is 16.0 Å². The van der Waals surface area contributed by atoms with Crippen molar-refractivity contribution < 1.29 is 4.74 Å². The minimum Gasteiger partial charge on any atom is -0.463 e. The number of nitrogens with zero attached hydrogens (tertiary/aromatic N) is 1. The number of rotatable bonds is 3. The zero-order valence-corrected chi connectivity index (χ0v) is 15.4. The molecule has 1 aromatic carbocycles. The Morgan fingerprint density at radius 1 is 1.04 bits per heavy atom. The topological polar surface area (TPSA) is 21.6 Å². The largest absolute Gasteiger partial charge is 0.463 e. The van der Waals surface area contributed by atoms with Gasteiger partial charge >= 0.3 is 0 Å². The first-order valence-electron chi connectivity index (χ1n) is 8.14. The molecule has 0 aliphatic carbocycles. The second-order valence-electron chi connectivity index (χ2n) is 8.07. The predicted octanol–water partition coefficient (Wildman–Crippen LogP) is 5.83. The number of fused-ring (bicyclic) bond motifs is 1. The lowest BCUT2D eigenvalue weighted by molar-refractivity contribution is 0.242. The second-order valence-corrected chi connectivity index (χ2v) is 9.05. The van der Waals surface area contributed by atoms with Crippen LogP contribution in [0.15, 0.2) is 46.8 Å². The van der Waals surface area contributed by atoms with Gasteiger partial charge in [-0.3, -0.25) is 0 Å². The lowest BCUT2D eigenvalue weighted by atomic mass is 9.82. The third-order valence-corrected chi connectivity index (χ3v) is 4.79. The molecule has 3 heteroatoms. The zero-order valence-electron chi connectivity index (χ0n) is 14.6. The van der Waals surface area contributed by atoms with Gasteiger partial charge in [0.05, 0.1) is 5.54 Å². The zero-order chi connectivity index (χ0) is 16.7. The molecule has 1 unspecified atom stereocenters. The molecule has 23 heavy (non-hydrogen) atoms. The van der Waals surface area contributed by atoms with Crippen LogP contribution in [0.1, 0.15) is 63.1 Å². The fraction of sp³-hybridized carbons (Fsp3) is 0.450. The van der Waals surface area contributed by atoms with Gasteiger partial charge in [0.15, 0.2) is 6.10 Å². The van der Waals surface area contributed by atoms with Crippen molar-refractivity contribution in [3.8, 4) is 0 Å². The Morgan fingerprint density at radius 3 is 2.43 bits per heavy atom. The highest BCUT2D eigenvalue weighted by Gasteiger charge is 2.33. The van der Waals surface area contributed by atoms with E-state index in [1.807, 2.05) is 0 Å². The number of benzene rings is 1. The monoisotopic (exact) mass is 327 g/mol. The third kappa shape index (κ3) is 3.66. The summed E-state index contributed by atoms with van der Waals surface area (Å²) < 4.78 is 6.29. The van der Waals surface area contributed by atoms with Crippen LogP contribution in [0.25, 0.3) is 0 Å². The molecule has 1 aliphatic heterocycles. The summed E-state index contributed by atoms with van der Waals surface area (Å²) in [4.78, 5) is 6.23. The summed E-state index contributed by atoms with van der Waals surface area (Å²) in [7, 11) is 0. The summed E-state index contributed by atoms with van der Waals surface area (Å²) in [5, 5.41) is 2.10. The van der Waals surface area contributed by atoms with E-state index in [-0.39, 0.29) is 17.1 Å². The van der Waals surface area contributed by atoms with Crippen molar-refractivity contribution in [2.75, 3.05) is 0 Å². The normalized spacial score (nSPS) is 19.7. The average Bonchev–Trinajstić information content (AvgIpc) is 3.04. The maximum absolute atomic E-state index is 6.29. The Kier molecular flexibility index (Phi) is 4.09. The quantitative estimate of drug-likeness (QED) is 0.695. The Hall–Kier alpha value is -1.61. The van der Waals surface area contributed by atoms with E-state index in [9.17, 15) is 0 Å². The Morgan fingerprint density at radius 2 is 1.78 bits per heavy atom. The molecule has 0 spiro atoms. The molecule has 2 aromatic rings. The maximum Gasteiger partial charge on any atom is 0.218 e. The first kappa shape index (κ1) is 16.3. The number of aliphatic imine (C=N–C) groups is 1. The minimum atomic E-state index is -0.148. The van der Waals surface area contributed by atoms with E-state index in [2.05, 4.69) is 76.4 Å². The van der Waals surface area contributed by atoms with Crippen LogP contribution in [0.4, 0.5) is 0 Å². The molecule has 1 aliphatic rings. The number of hydrogen-bond donors (Lipinski definition) is 0. The van der Waals surface area contributed by atoms with E-state index in [1.54, 1.807) is 11.3 Å². The van der Waals surface area contributed by atoms with Crippen LogP contribution in [0.5, 0.6) is 0 Å². The molecule has 0 saturated carbocycles. The third-order valence-electron chi connectivity index (χ3n) is 3.87. The van der Waals surface area contributed by atoms with Crippen LogP contribution < -0.4 is 0 Å². The highest BCUT2D eigenvalue weighted by Crippen LogP contribution is 2.39. The molecule has 2 heterocycles. The van der Waals surface area contributed by atoms with Crippen LogP contribution in [0.2, 0.25) is 0 Å². The fourth-order valence-corrected chi connectivity index (χ4v) is 4.28. The van der Waals surface area contributed by atoms with Crippen molar-refractivity contribution >= 4 is 17.2 Å². The van der Waals surface area contributed by atoms with Gasteiger partial charge in [0.25, 0.3) is 0 Å². The Labute approximate surface area is 143 Å². The molecule has 0 radical (unpaired) electrons. The highest BCUT2D eigenvalue weighted by atomic mass is 32.1. The number of hydrogen-bond acceptors (Lipinski definition) is 3. The smallest absolute Gasteiger partial charge is 0.218 e. The van der Waals surface area contributed by atoms with Gasteiger partial charge in [-0.15, -0.1) is 11.3 Å². The molecule has 0 N–H and O–H groups in total. The molecule has 3 rings (SSSR count). The van der Waals surface area contributed by atoms with Gasteiger partial charge in [0.2, 0.25) is 5.90 Å². The summed E-state index contributed by atoms with van der Waals surface area (Å²) in [6, 6.07) is 12.6. The van der Waals surface area contributed by atoms with Gasteiger partial charge in [-0.1, -0.05) is 45.0 Å². The molecule has 1 atom stereocenters. The summed E-state index contributed by atoms with van der Waals surface area (Å²) in [5.74, 6) is 0.785. The lowest BCUT2D eigenvalue weighted by Gasteiger charge is -2.29. The van der Waals surface area contributed by atoms with Crippen LogP contribution in [0, 0.1) is 5.41 Å². The molecule has 1 aromatic heterocycles. The number of thiophene rings is 1. The number of ether oxygens (including phenoxy) is 1. The summed E-state index contributed by atoms with van der Waals surface area (Å²) in [5.41, 5.74) is 2.44. The van der Waals surface area contributed by atoms with Crippen molar-refractivity contribution in [1.82, 2.24) is 0 Å². The van der Waals surface area contributed by atoms with E-state index in [1.165, 1.54) is 10.4 Å². The molecule has 0 amide bonds. The van der Waals surface area contributed by atoms with Crippen molar-refractivity contribution in [2.24, 2.45) is 10.4 Å². The maximum atomic E-state index is 6.29. The molecule has 0 bridgehead atoms. The Balaban J connectivity index is 1.97. The van der Waals surface area contributed by atoms with Crippen molar-refractivity contribution in [3.63, 3.8) is 0 Å². The van der Waals surface area contributed by atoms with E-state index in [0.717, 1.165) is 17.9 Å². The van der Waals surface area contributed by atoms with Crippen LogP contribution in [-0.2, 0) is 4.74 Å². The van der Waals surface area contributed by atoms with E-state index >= 15 is 0 Å². The van der Waals surface area contributed by atoms with Gasteiger partial charge in [-0.25, -0.2) is 4.99 Å². The van der Waals surface area contributed by atoms with E-state index < -0.39 is 0 Å². The summed E-state index contributed by atoms with van der Waals surface area (Å²) in [6.07, 6.45) is 0.994. The first-order chi connectivity index (χ1) is 10.8. The van der Waals surface area contributed by atoms with Crippen LogP contribution >= 0.6 is 11.3 Å². The summed E-state index contributed by atoms with van der Waals surface area (Å²) in [6.45, 7) is 11.2. The molecular weight excluding hydrogens is 302 g/mol. The summed E-state index contributed by atoms with van der Waals surface area (Å²) >= 11 is 1.73. The molecule has 122 valence electrons. The van der Waals surface area contributed by atoms with Gasteiger partial charge in [0.1, 0.15) is 0 Å². The van der Waals surface area contributed by atoms with Crippen LogP contribution in [-0.4, -0.2) is 11.4 Å². The van der Waals surface area contributed by atoms with Crippen molar-refractivity contribution in [2.45, 2.75) is 52.7 Å². The molecular formula is C20H25NOS.